The quantitative estimate of drug-likeness (QED) is 0.272. The fourth-order valence-corrected chi connectivity index (χ4v) is 6.44. The predicted octanol–water partition coefficient (Wildman–Crippen LogP) is 5.64. The number of ketones is 2. The molecule has 2 nitrogen and oxygen atoms in total. The molecule has 1 atom stereocenters. The molecule has 0 amide bonds. The minimum Gasteiger partial charge on any atom is -0.294 e. The number of rotatable bonds is 8. The van der Waals surface area contributed by atoms with Crippen LogP contribution >= 0.6 is 7.92 Å². The van der Waals surface area contributed by atoms with E-state index in [0.29, 0.717) is 11.1 Å². The van der Waals surface area contributed by atoms with Crippen LogP contribution in [0.15, 0.2) is 121 Å². The Kier molecular flexibility index (Phi) is 6.82. The van der Waals surface area contributed by atoms with Gasteiger partial charge in [-0.25, -0.2) is 0 Å². The molecule has 0 radical (unpaired) electrons. The molecule has 4 aromatic carbocycles. The van der Waals surface area contributed by atoms with Gasteiger partial charge in [0.15, 0.2) is 11.6 Å². The second-order valence-electron chi connectivity index (χ2n) is 7.28. The fourth-order valence-electron chi connectivity index (χ4n) is 3.70. The Hall–Kier alpha value is -3.35. The van der Waals surface area contributed by atoms with Crippen LogP contribution in [0.4, 0.5) is 0 Å². The van der Waals surface area contributed by atoms with Gasteiger partial charge < -0.3 is 0 Å². The van der Waals surface area contributed by atoms with E-state index in [1.165, 1.54) is 0 Å². The van der Waals surface area contributed by atoms with E-state index in [-0.39, 0.29) is 18.0 Å². The number of Topliss-reactive ketones (excluding diaryl/α,β-unsaturated/α-hetero) is 2. The molecular weight excluding hydrogens is 399 g/mol. The monoisotopic (exact) mass is 422 g/mol. The summed E-state index contributed by atoms with van der Waals surface area (Å²) in [4.78, 5) is 27.0. The summed E-state index contributed by atoms with van der Waals surface area (Å²) in [6, 6.07) is 38.8. The van der Waals surface area contributed by atoms with Crippen molar-refractivity contribution in [1.29, 1.82) is 0 Å². The first kappa shape index (κ1) is 20.9. The summed E-state index contributed by atoms with van der Waals surface area (Å²) in [5.74, 6) is 0.0120. The number of carbonyl (C=O) groups excluding carboxylic acids is 2. The fraction of sp³-hybridized carbons (Fsp3) is 0.0714. The molecular formula is C28H23O2P. The lowest BCUT2D eigenvalue weighted by atomic mass is 10.0. The molecule has 0 spiro atoms. The van der Waals surface area contributed by atoms with Gasteiger partial charge in [0.05, 0.1) is 5.66 Å². The highest BCUT2D eigenvalue weighted by Gasteiger charge is 2.33. The number of benzene rings is 4. The van der Waals surface area contributed by atoms with E-state index in [0.717, 1.165) is 10.6 Å². The molecule has 0 aliphatic rings. The molecule has 0 N–H and O–H groups in total. The average Bonchev–Trinajstić information content (AvgIpc) is 2.85. The van der Waals surface area contributed by atoms with Gasteiger partial charge in [-0.1, -0.05) is 121 Å². The van der Waals surface area contributed by atoms with Gasteiger partial charge in [0.2, 0.25) is 0 Å². The topological polar surface area (TPSA) is 34.1 Å². The summed E-state index contributed by atoms with van der Waals surface area (Å²) in [6.07, 6.45) is 0.174. The van der Waals surface area contributed by atoms with Crippen molar-refractivity contribution in [1.82, 2.24) is 0 Å². The van der Waals surface area contributed by atoms with Gasteiger partial charge in [0.25, 0.3) is 0 Å². The molecule has 4 aromatic rings. The first-order valence-electron chi connectivity index (χ1n) is 10.3. The third-order valence-corrected chi connectivity index (χ3v) is 7.97. The summed E-state index contributed by atoms with van der Waals surface area (Å²) >= 11 is 0. The van der Waals surface area contributed by atoms with Crippen LogP contribution in [-0.2, 0) is 0 Å². The predicted molar refractivity (Wildman–Crippen MR) is 129 cm³/mol. The molecule has 3 heteroatoms. The van der Waals surface area contributed by atoms with E-state index in [2.05, 4.69) is 24.3 Å². The molecule has 4 rings (SSSR count). The van der Waals surface area contributed by atoms with Gasteiger partial charge in [0.1, 0.15) is 0 Å². The van der Waals surface area contributed by atoms with Crippen LogP contribution in [0.1, 0.15) is 27.1 Å². The first-order valence-corrected chi connectivity index (χ1v) is 11.7. The maximum atomic E-state index is 13.8. The zero-order valence-electron chi connectivity index (χ0n) is 17.1. The largest absolute Gasteiger partial charge is 0.294 e. The van der Waals surface area contributed by atoms with Crippen molar-refractivity contribution in [2.24, 2.45) is 0 Å². The SMILES string of the molecule is O=C(CC(C(=O)c1ccccc1)P(c1ccccc1)c1ccccc1)c1ccccc1. The van der Waals surface area contributed by atoms with Crippen LogP contribution in [0.2, 0.25) is 0 Å². The van der Waals surface area contributed by atoms with Crippen molar-refractivity contribution in [2.45, 2.75) is 12.1 Å². The van der Waals surface area contributed by atoms with Crippen LogP contribution in [0.25, 0.3) is 0 Å². The molecule has 0 aromatic heterocycles. The van der Waals surface area contributed by atoms with E-state index in [9.17, 15) is 9.59 Å². The van der Waals surface area contributed by atoms with Gasteiger partial charge in [-0.05, 0) is 18.5 Å². The number of hydrogen-bond donors (Lipinski definition) is 0. The van der Waals surface area contributed by atoms with Crippen LogP contribution in [-0.4, -0.2) is 17.2 Å². The second kappa shape index (κ2) is 10.1. The normalized spacial score (nSPS) is 11.8. The summed E-state index contributed by atoms with van der Waals surface area (Å²) in [7, 11) is -1.07. The van der Waals surface area contributed by atoms with E-state index in [1.54, 1.807) is 0 Å². The lowest BCUT2D eigenvalue weighted by Gasteiger charge is -2.27. The first-order chi connectivity index (χ1) is 15.2. The van der Waals surface area contributed by atoms with E-state index in [1.807, 2.05) is 97.1 Å². The van der Waals surface area contributed by atoms with Crippen molar-refractivity contribution in [3.05, 3.63) is 132 Å². The summed E-state index contributed by atoms with van der Waals surface area (Å²) in [6.45, 7) is 0. The third-order valence-electron chi connectivity index (χ3n) is 5.22. The average molecular weight is 422 g/mol. The van der Waals surface area contributed by atoms with Crippen molar-refractivity contribution in [2.75, 3.05) is 0 Å². The summed E-state index contributed by atoms with van der Waals surface area (Å²) < 4.78 is 0. The standard InChI is InChI=1S/C28H23O2P/c29-26(22-13-5-1-6-14-22)21-27(28(30)23-15-7-2-8-16-23)31(24-17-9-3-10-18-24)25-19-11-4-12-20-25/h1-20,27H,21H2. The summed E-state index contributed by atoms with van der Waals surface area (Å²) in [5.41, 5.74) is 0.840. The lowest BCUT2D eigenvalue weighted by Crippen LogP contribution is -2.31. The van der Waals surface area contributed by atoms with Crippen molar-refractivity contribution >= 4 is 30.1 Å². The Morgan fingerprint density at radius 1 is 0.548 bits per heavy atom. The Balaban J connectivity index is 1.80. The molecule has 0 aliphatic carbocycles. The Morgan fingerprint density at radius 3 is 1.39 bits per heavy atom. The molecule has 0 bridgehead atoms. The molecule has 31 heavy (non-hydrogen) atoms. The van der Waals surface area contributed by atoms with Gasteiger partial charge in [-0.15, -0.1) is 0 Å². The highest BCUT2D eigenvalue weighted by molar-refractivity contribution is 7.74. The molecule has 0 aliphatic heterocycles. The van der Waals surface area contributed by atoms with Gasteiger partial charge in [-0.3, -0.25) is 9.59 Å². The van der Waals surface area contributed by atoms with Crippen molar-refractivity contribution < 1.29 is 9.59 Å². The third kappa shape index (κ3) is 5.05. The van der Waals surface area contributed by atoms with Crippen LogP contribution < -0.4 is 10.6 Å². The van der Waals surface area contributed by atoms with Crippen LogP contribution in [0, 0.1) is 0 Å². The highest BCUT2D eigenvalue weighted by atomic mass is 31.1. The molecule has 0 saturated heterocycles. The van der Waals surface area contributed by atoms with Gasteiger partial charge in [-0.2, -0.15) is 0 Å². The Labute approximate surface area is 184 Å². The molecule has 0 fully saturated rings. The molecule has 152 valence electrons. The van der Waals surface area contributed by atoms with Crippen LogP contribution in [0.3, 0.4) is 0 Å². The summed E-state index contributed by atoms with van der Waals surface area (Å²) in [5, 5.41) is 2.19. The zero-order chi connectivity index (χ0) is 21.5. The minimum atomic E-state index is -1.07. The Morgan fingerprint density at radius 2 is 0.935 bits per heavy atom. The smallest absolute Gasteiger partial charge is 0.171 e. The maximum Gasteiger partial charge on any atom is 0.171 e. The van der Waals surface area contributed by atoms with E-state index in [4.69, 9.17) is 0 Å². The number of hydrogen-bond acceptors (Lipinski definition) is 2. The molecule has 0 saturated carbocycles. The highest BCUT2D eigenvalue weighted by Crippen LogP contribution is 2.43. The minimum absolute atomic E-state index is 0.00533. The van der Waals surface area contributed by atoms with E-state index < -0.39 is 13.6 Å². The Bertz CT molecular complexity index is 1090. The van der Waals surface area contributed by atoms with Crippen molar-refractivity contribution in [3.8, 4) is 0 Å². The lowest BCUT2D eigenvalue weighted by molar-refractivity contribution is 0.0922. The number of carbonyl (C=O) groups is 2. The zero-order valence-corrected chi connectivity index (χ0v) is 18.0. The maximum absolute atomic E-state index is 13.8. The van der Waals surface area contributed by atoms with Crippen LogP contribution in [0.5, 0.6) is 0 Å². The van der Waals surface area contributed by atoms with E-state index >= 15 is 0 Å². The van der Waals surface area contributed by atoms with Gasteiger partial charge >= 0.3 is 0 Å². The molecule has 0 heterocycles. The second-order valence-corrected chi connectivity index (χ2v) is 9.68. The van der Waals surface area contributed by atoms with Gasteiger partial charge in [0, 0.05) is 17.5 Å². The van der Waals surface area contributed by atoms with Crippen molar-refractivity contribution in [3.63, 3.8) is 0 Å². The molecule has 1 unspecified atom stereocenters.